The van der Waals surface area contributed by atoms with Crippen LogP contribution in [0.25, 0.3) is 0 Å². The van der Waals surface area contributed by atoms with Gasteiger partial charge in [0.25, 0.3) is 0 Å². The van der Waals surface area contributed by atoms with Gasteiger partial charge < -0.3 is 10.1 Å². The van der Waals surface area contributed by atoms with Gasteiger partial charge in [-0.05, 0) is 43.9 Å². The van der Waals surface area contributed by atoms with Crippen LogP contribution >= 0.6 is 0 Å². The lowest BCUT2D eigenvalue weighted by Crippen LogP contribution is -2.48. The van der Waals surface area contributed by atoms with Gasteiger partial charge in [0, 0.05) is 44.3 Å². The van der Waals surface area contributed by atoms with Gasteiger partial charge in [0.2, 0.25) is 0 Å². The number of ether oxygens (including phenoxy) is 1. The molecule has 0 saturated carbocycles. The average molecular weight is 408 g/mol. The first-order valence-corrected chi connectivity index (χ1v) is 11.6. The maximum Gasteiger partial charge on any atom is 0.0664 e. The molecule has 1 N–H and O–H groups in total. The van der Waals surface area contributed by atoms with Crippen LogP contribution in [0.3, 0.4) is 0 Å². The number of hydrogen-bond donors (Lipinski definition) is 1. The zero-order chi connectivity index (χ0) is 20.9. The van der Waals surface area contributed by atoms with Crippen molar-refractivity contribution in [3.8, 4) is 0 Å². The minimum atomic E-state index is 0.349. The van der Waals surface area contributed by atoms with Crippen molar-refractivity contribution in [1.82, 2.24) is 15.1 Å². The van der Waals surface area contributed by atoms with Crippen molar-refractivity contribution in [1.29, 1.82) is 0 Å². The van der Waals surface area contributed by atoms with Crippen LogP contribution in [0.1, 0.15) is 49.5 Å². The lowest BCUT2D eigenvalue weighted by atomic mass is 9.96. The van der Waals surface area contributed by atoms with Crippen molar-refractivity contribution < 1.29 is 4.74 Å². The normalized spacial score (nSPS) is 24.8. The molecule has 4 heteroatoms. The quantitative estimate of drug-likeness (QED) is 0.782. The number of benzene rings is 2. The molecular weight excluding hydrogens is 370 g/mol. The molecule has 3 atom stereocenters. The summed E-state index contributed by atoms with van der Waals surface area (Å²) >= 11 is 0. The van der Waals surface area contributed by atoms with Gasteiger partial charge in [-0.2, -0.15) is 0 Å². The fourth-order valence-corrected chi connectivity index (χ4v) is 5.09. The van der Waals surface area contributed by atoms with E-state index in [2.05, 4.69) is 90.5 Å². The summed E-state index contributed by atoms with van der Waals surface area (Å²) in [5.41, 5.74) is 4.21. The van der Waals surface area contributed by atoms with Gasteiger partial charge in [-0.1, -0.05) is 54.6 Å². The van der Waals surface area contributed by atoms with Crippen LogP contribution in [0.5, 0.6) is 0 Å². The molecule has 2 aromatic carbocycles. The highest BCUT2D eigenvalue weighted by atomic mass is 16.5. The van der Waals surface area contributed by atoms with Crippen LogP contribution in [-0.2, 0) is 11.2 Å². The summed E-state index contributed by atoms with van der Waals surface area (Å²) in [6.07, 6.45) is 1.07. The zero-order valence-corrected chi connectivity index (χ0v) is 18.8. The standard InChI is InChI=1S/C26H37N3O/c1-20(2)28-14-13-27-18-25(28)24-11-9-22(10-12-24)17-21(3)29-15-16-30-19-26(29)23-7-5-4-6-8-23/h4-12,20-21,25-27H,13-19H2,1-3H3. The summed E-state index contributed by atoms with van der Waals surface area (Å²) in [4.78, 5) is 5.24. The van der Waals surface area contributed by atoms with Crippen LogP contribution in [0.2, 0.25) is 0 Å². The number of piperazine rings is 1. The second-order valence-corrected chi connectivity index (χ2v) is 9.09. The third-order valence-electron chi connectivity index (χ3n) is 6.76. The number of hydrogen-bond acceptors (Lipinski definition) is 4. The van der Waals surface area contributed by atoms with Crippen LogP contribution in [0, 0.1) is 0 Å². The van der Waals surface area contributed by atoms with E-state index >= 15 is 0 Å². The Morgan fingerprint density at radius 3 is 2.37 bits per heavy atom. The van der Waals surface area contributed by atoms with Crippen molar-refractivity contribution in [2.24, 2.45) is 0 Å². The molecule has 2 heterocycles. The smallest absolute Gasteiger partial charge is 0.0664 e. The summed E-state index contributed by atoms with van der Waals surface area (Å²) in [5, 5.41) is 3.57. The van der Waals surface area contributed by atoms with Gasteiger partial charge in [-0.25, -0.2) is 0 Å². The zero-order valence-electron chi connectivity index (χ0n) is 18.8. The minimum Gasteiger partial charge on any atom is -0.378 e. The molecule has 0 bridgehead atoms. The summed E-state index contributed by atoms with van der Waals surface area (Å²) in [7, 11) is 0. The molecule has 2 aliphatic rings. The Kier molecular flexibility index (Phi) is 7.21. The Bertz CT molecular complexity index is 777. The van der Waals surface area contributed by atoms with Crippen molar-refractivity contribution in [2.45, 2.75) is 51.4 Å². The molecule has 4 rings (SSSR count). The predicted octanol–water partition coefficient (Wildman–Crippen LogP) is 4.05. The van der Waals surface area contributed by atoms with Gasteiger partial charge in [0.1, 0.15) is 0 Å². The number of nitrogens with zero attached hydrogens (tertiary/aromatic N) is 2. The van der Waals surface area contributed by atoms with E-state index in [1.165, 1.54) is 16.7 Å². The van der Waals surface area contributed by atoms with Crippen LogP contribution < -0.4 is 5.32 Å². The molecule has 2 saturated heterocycles. The molecule has 0 amide bonds. The Balaban J connectivity index is 1.43. The topological polar surface area (TPSA) is 27.7 Å². The molecule has 2 fully saturated rings. The van der Waals surface area contributed by atoms with E-state index in [1.54, 1.807) is 0 Å². The average Bonchev–Trinajstić information content (AvgIpc) is 2.80. The Morgan fingerprint density at radius 2 is 1.63 bits per heavy atom. The Labute approximate surface area is 182 Å². The highest BCUT2D eigenvalue weighted by Gasteiger charge is 2.29. The Morgan fingerprint density at radius 1 is 0.900 bits per heavy atom. The van der Waals surface area contributed by atoms with E-state index in [1.807, 2.05) is 0 Å². The molecule has 2 aromatic rings. The predicted molar refractivity (Wildman–Crippen MR) is 124 cm³/mol. The van der Waals surface area contributed by atoms with E-state index in [9.17, 15) is 0 Å². The van der Waals surface area contributed by atoms with E-state index in [-0.39, 0.29) is 0 Å². The maximum absolute atomic E-state index is 5.83. The third-order valence-corrected chi connectivity index (χ3v) is 6.76. The molecule has 4 nitrogen and oxygen atoms in total. The molecule has 2 aliphatic heterocycles. The van der Waals surface area contributed by atoms with Crippen molar-refractivity contribution in [3.05, 3.63) is 71.3 Å². The first kappa shape index (κ1) is 21.5. The molecule has 0 aliphatic carbocycles. The first-order chi connectivity index (χ1) is 14.6. The first-order valence-electron chi connectivity index (χ1n) is 11.6. The van der Waals surface area contributed by atoms with Gasteiger partial charge in [0.05, 0.1) is 19.3 Å². The third kappa shape index (κ3) is 4.94. The number of nitrogens with one attached hydrogen (secondary N) is 1. The van der Waals surface area contributed by atoms with Crippen LogP contribution in [-0.4, -0.2) is 61.3 Å². The molecule has 30 heavy (non-hydrogen) atoms. The lowest BCUT2D eigenvalue weighted by molar-refractivity contribution is -0.0266. The summed E-state index contributed by atoms with van der Waals surface area (Å²) in [6.45, 7) is 12.8. The van der Waals surface area contributed by atoms with Crippen molar-refractivity contribution >= 4 is 0 Å². The summed E-state index contributed by atoms with van der Waals surface area (Å²) in [6, 6.07) is 22.1. The lowest BCUT2D eigenvalue weighted by Gasteiger charge is -2.40. The van der Waals surface area contributed by atoms with E-state index in [4.69, 9.17) is 4.74 Å². The Hall–Kier alpha value is -1.72. The maximum atomic E-state index is 5.83. The molecular formula is C26H37N3O. The molecule has 0 aromatic heterocycles. The fraction of sp³-hybridized carbons (Fsp3) is 0.538. The number of morpholine rings is 1. The van der Waals surface area contributed by atoms with Gasteiger partial charge in [-0.3, -0.25) is 9.80 Å². The molecule has 0 spiro atoms. The highest BCUT2D eigenvalue weighted by molar-refractivity contribution is 5.27. The van der Waals surface area contributed by atoms with E-state index < -0.39 is 0 Å². The summed E-state index contributed by atoms with van der Waals surface area (Å²) < 4.78 is 5.83. The number of rotatable bonds is 6. The van der Waals surface area contributed by atoms with Gasteiger partial charge >= 0.3 is 0 Å². The van der Waals surface area contributed by atoms with Gasteiger partial charge in [0.15, 0.2) is 0 Å². The molecule has 162 valence electrons. The van der Waals surface area contributed by atoms with Crippen molar-refractivity contribution in [2.75, 3.05) is 39.4 Å². The second kappa shape index (κ2) is 10.1. The van der Waals surface area contributed by atoms with E-state index in [0.29, 0.717) is 24.2 Å². The van der Waals surface area contributed by atoms with Gasteiger partial charge in [-0.15, -0.1) is 0 Å². The molecule has 3 unspecified atom stereocenters. The van der Waals surface area contributed by atoms with E-state index in [0.717, 1.165) is 45.8 Å². The fourth-order valence-electron chi connectivity index (χ4n) is 5.09. The summed E-state index contributed by atoms with van der Waals surface area (Å²) in [5.74, 6) is 0. The van der Waals surface area contributed by atoms with Crippen molar-refractivity contribution in [3.63, 3.8) is 0 Å². The largest absolute Gasteiger partial charge is 0.378 e. The van der Waals surface area contributed by atoms with Crippen LogP contribution in [0.15, 0.2) is 54.6 Å². The second-order valence-electron chi connectivity index (χ2n) is 9.09. The minimum absolute atomic E-state index is 0.349. The monoisotopic (exact) mass is 407 g/mol. The highest BCUT2D eigenvalue weighted by Crippen LogP contribution is 2.28. The van der Waals surface area contributed by atoms with Crippen LogP contribution in [0.4, 0.5) is 0 Å². The SMILES string of the molecule is CC(C)N1CCNCC1c1ccc(CC(C)N2CCOCC2c2ccccc2)cc1. The molecule has 0 radical (unpaired) electrons.